The van der Waals surface area contributed by atoms with E-state index in [1.807, 2.05) is 6.08 Å². The largest absolute Gasteiger partial charge is 0.411 e. The van der Waals surface area contributed by atoms with Crippen molar-refractivity contribution in [2.75, 3.05) is 18.5 Å². The molecule has 0 saturated heterocycles. The average molecular weight is 261 g/mol. The summed E-state index contributed by atoms with van der Waals surface area (Å²) in [6, 6.07) is 0. The van der Waals surface area contributed by atoms with E-state index in [0.717, 1.165) is 12.4 Å². The normalized spacial score (nSPS) is 16.1. The molecule has 0 aromatic heterocycles. The molecular weight excluding hydrogens is 234 g/mol. The van der Waals surface area contributed by atoms with Crippen molar-refractivity contribution in [3.63, 3.8) is 0 Å². The van der Waals surface area contributed by atoms with Gasteiger partial charge in [0, 0.05) is 12.6 Å². The second kappa shape index (κ2) is 7.07. The third kappa shape index (κ3) is 6.13. The average Bonchev–Trinajstić information content (AvgIpc) is 2.20. The summed E-state index contributed by atoms with van der Waals surface area (Å²) in [4.78, 5) is 0. The Bertz CT molecular complexity index is 257. The van der Waals surface area contributed by atoms with Crippen molar-refractivity contribution in [3.05, 3.63) is 12.7 Å². The van der Waals surface area contributed by atoms with E-state index in [2.05, 4.69) is 45.0 Å². The molecule has 0 heterocycles. The van der Waals surface area contributed by atoms with Gasteiger partial charge in [0.05, 0.1) is 12.0 Å². The monoisotopic (exact) mass is 261 g/mol. The van der Waals surface area contributed by atoms with E-state index in [-0.39, 0.29) is 10.9 Å². The Balaban J connectivity index is 4.33. The zero-order valence-electron chi connectivity index (χ0n) is 11.8. The minimum absolute atomic E-state index is 0.0672. The molecule has 0 rings (SSSR count). The van der Waals surface area contributed by atoms with E-state index in [9.17, 15) is 0 Å². The first-order valence-electron chi connectivity index (χ1n) is 5.83. The molecule has 0 bridgehead atoms. The van der Waals surface area contributed by atoms with Gasteiger partial charge in [-0.2, -0.15) is 0 Å². The first kappa shape index (κ1) is 16.5. The van der Waals surface area contributed by atoms with Crippen molar-refractivity contribution in [2.24, 2.45) is 5.16 Å². The summed E-state index contributed by atoms with van der Waals surface area (Å²) in [6.45, 7) is 10.5. The maximum atomic E-state index is 8.43. The third-order valence-corrected chi connectivity index (χ3v) is 7.18. The Morgan fingerprint density at radius 3 is 2.35 bits per heavy atom. The summed E-state index contributed by atoms with van der Waals surface area (Å²) >= 11 is 0. The Morgan fingerprint density at radius 1 is 1.35 bits per heavy atom. The van der Waals surface area contributed by atoms with Crippen LogP contribution in [0.5, 0.6) is 0 Å². The maximum Gasteiger partial charge on any atom is 0.0774 e. The lowest BCUT2D eigenvalue weighted by Crippen LogP contribution is -2.28. The van der Waals surface area contributed by atoms with E-state index in [1.54, 1.807) is 0 Å². The lowest BCUT2D eigenvalue weighted by molar-refractivity contribution is 0.0964. The number of oxime groups is 1. The van der Waals surface area contributed by atoms with Crippen LogP contribution < -0.4 is 0 Å². The van der Waals surface area contributed by atoms with E-state index < -0.39 is 10.0 Å². The van der Waals surface area contributed by atoms with Crippen LogP contribution in [0.2, 0.25) is 0 Å². The second-order valence-electron chi connectivity index (χ2n) is 5.62. The lowest BCUT2D eigenvalue weighted by atomic mass is 10.2. The van der Waals surface area contributed by atoms with Crippen LogP contribution in [-0.4, -0.2) is 40.7 Å². The summed E-state index contributed by atoms with van der Waals surface area (Å²) in [6.07, 6.45) is 9.38. The SMILES string of the molecule is C=CCC(C/C=N\O)OCS(C)(C)C(C)(C)C. The van der Waals surface area contributed by atoms with Crippen LogP contribution in [-0.2, 0) is 4.74 Å². The molecule has 0 fully saturated rings. The fourth-order valence-corrected chi connectivity index (χ4v) is 1.91. The van der Waals surface area contributed by atoms with Gasteiger partial charge in [0.2, 0.25) is 0 Å². The summed E-state index contributed by atoms with van der Waals surface area (Å²) in [5, 5.41) is 11.5. The second-order valence-corrected chi connectivity index (χ2v) is 10.2. The Morgan fingerprint density at radius 2 is 1.94 bits per heavy atom. The fourth-order valence-electron chi connectivity index (χ4n) is 1.03. The molecule has 17 heavy (non-hydrogen) atoms. The van der Waals surface area contributed by atoms with Crippen LogP contribution in [0.3, 0.4) is 0 Å². The molecule has 0 aliphatic rings. The third-order valence-electron chi connectivity index (χ3n) is 3.14. The number of nitrogens with zero attached hydrogens (tertiary/aromatic N) is 1. The standard InChI is InChI=1S/C13H27NO2S/c1-7-8-12(9-10-14-15)16-11-17(5,6)13(2,3)4/h7,10,12,15H,1,8-9,11H2,2-6H3/b14-10-. The molecular formula is C13H27NO2S. The van der Waals surface area contributed by atoms with Crippen LogP contribution in [0.15, 0.2) is 17.8 Å². The topological polar surface area (TPSA) is 41.8 Å². The highest BCUT2D eigenvalue weighted by Crippen LogP contribution is 2.52. The van der Waals surface area contributed by atoms with E-state index >= 15 is 0 Å². The van der Waals surface area contributed by atoms with Crippen LogP contribution in [0.25, 0.3) is 0 Å². The molecule has 0 saturated carbocycles. The Hall–Kier alpha value is -0.480. The molecule has 0 aromatic carbocycles. The molecule has 0 aromatic rings. The maximum absolute atomic E-state index is 8.43. The summed E-state index contributed by atoms with van der Waals surface area (Å²) in [5.74, 6) is 0.772. The highest BCUT2D eigenvalue weighted by Gasteiger charge is 2.28. The zero-order valence-corrected chi connectivity index (χ0v) is 12.6. The molecule has 1 N–H and O–H groups in total. The number of hydrogen-bond acceptors (Lipinski definition) is 3. The van der Waals surface area contributed by atoms with Gasteiger partial charge in [-0.05, 0) is 23.7 Å². The van der Waals surface area contributed by atoms with Gasteiger partial charge in [0.15, 0.2) is 0 Å². The summed E-state index contributed by atoms with van der Waals surface area (Å²) in [7, 11) is -0.800. The van der Waals surface area contributed by atoms with E-state index in [1.165, 1.54) is 6.21 Å². The van der Waals surface area contributed by atoms with Gasteiger partial charge in [-0.3, -0.25) is 0 Å². The summed E-state index contributed by atoms with van der Waals surface area (Å²) in [5.41, 5.74) is 0. The van der Waals surface area contributed by atoms with Crippen molar-refractivity contribution < 1.29 is 9.94 Å². The van der Waals surface area contributed by atoms with Gasteiger partial charge in [-0.1, -0.05) is 26.8 Å². The minimum atomic E-state index is -0.800. The van der Waals surface area contributed by atoms with Crippen molar-refractivity contribution in [3.8, 4) is 0 Å². The predicted molar refractivity (Wildman–Crippen MR) is 78.6 cm³/mol. The molecule has 1 atom stereocenters. The van der Waals surface area contributed by atoms with E-state index in [4.69, 9.17) is 9.94 Å². The highest BCUT2D eigenvalue weighted by atomic mass is 32.3. The van der Waals surface area contributed by atoms with Gasteiger partial charge in [-0.25, -0.2) is 10.0 Å². The predicted octanol–water partition coefficient (Wildman–Crippen LogP) is 3.62. The number of rotatable bonds is 7. The number of hydrogen-bond donors (Lipinski definition) is 1. The van der Waals surface area contributed by atoms with Crippen molar-refractivity contribution in [1.82, 2.24) is 0 Å². The van der Waals surface area contributed by atoms with E-state index in [0.29, 0.717) is 6.42 Å². The van der Waals surface area contributed by atoms with Gasteiger partial charge in [-0.15, -0.1) is 11.7 Å². The molecule has 0 aliphatic carbocycles. The Labute approximate surface area is 107 Å². The van der Waals surface area contributed by atoms with Gasteiger partial charge >= 0.3 is 0 Å². The van der Waals surface area contributed by atoms with Crippen LogP contribution in [0.4, 0.5) is 0 Å². The molecule has 3 nitrogen and oxygen atoms in total. The molecule has 4 heteroatoms. The minimum Gasteiger partial charge on any atom is -0.411 e. The van der Waals surface area contributed by atoms with Crippen molar-refractivity contribution >= 4 is 16.2 Å². The molecule has 0 spiro atoms. The first-order valence-corrected chi connectivity index (χ1v) is 8.45. The van der Waals surface area contributed by atoms with Crippen molar-refractivity contribution in [1.29, 1.82) is 0 Å². The molecule has 102 valence electrons. The molecule has 0 aliphatic heterocycles. The molecule has 0 radical (unpaired) electrons. The lowest BCUT2D eigenvalue weighted by Gasteiger charge is -2.44. The fraction of sp³-hybridized carbons (Fsp3) is 0.769. The van der Waals surface area contributed by atoms with Gasteiger partial charge in [0.25, 0.3) is 0 Å². The Kier molecular flexibility index (Phi) is 6.87. The van der Waals surface area contributed by atoms with Gasteiger partial charge in [0.1, 0.15) is 0 Å². The van der Waals surface area contributed by atoms with Crippen molar-refractivity contribution in [2.45, 2.75) is 44.5 Å². The molecule has 0 amide bonds. The number of ether oxygens (including phenoxy) is 1. The smallest absolute Gasteiger partial charge is 0.0774 e. The van der Waals surface area contributed by atoms with Crippen LogP contribution in [0.1, 0.15) is 33.6 Å². The van der Waals surface area contributed by atoms with Crippen LogP contribution >= 0.6 is 10.0 Å². The first-order chi connectivity index (χ1) is 7.74. The van der Waals surface area contributed by atoms with Gasteiger partial charge < -0.3 is 9.94 Å². The summed E-state index contributed by atoms with van der Waals surface area (Å²) < 4.78 is 6.21. The quantitative estimate of drug-likeness (QED) is 0.329. The highest BCUT2D eigenvalue weighted by molar-refractivity contribution is 8.33. The van der Waals surface area contributed by atoms with Crippen LogP contribution in [0, 0.1) is 0 Å². The molecule has 1 unspecified atom stereocenters. The zero-order chi connectivity index (χ0) is 13.5.